The summed E-state index contributed by atoms with van der Waals surface area (Å²) >= 11 is 1.85. The predicted molar refractivity (Wildman–Crippen MR) is 84.2 cm³/mol. The Morgan fingerprint density at radius 1 is 1.26 bits per heavy atom. The maximum Gasteiger partial charge on any atom is 0.211 e. The van der Waals surface area contributed by atoms with Gasteiger partial charge in [0.25, 0.3) is 0 Å². The lowest BCUT2D eigenvalue weighted by Gasteiger charge is -2.13. The van der Waals surface area contributed by atoms with Crippen molar-refractivity contribution in [2.24, 2.45) is 0 Å². The highest BCUT2D eigenvalue weighted by atomic mass is 32.2. The predicted octanol–water partition coefficient (Wildman–Crippen LogP) is 1.97. The van der Waals surface area contributed by atoms with Gasteiger partial charge >= 0.3 is 0 Å². The molecule has 19 heavy (non-hydrogen) atoms. The van der Waals surface area contributed by atoms with Gasteiger partial charge in [-0.2, -0.15) is 11.8 Å². The summed E-state index contributed by atoms with van der Waals surface area (Å²) in [6.45, 7) is 5.09. The molecule has 2 unspecified atom stereocenters. The largest absolute Gasteiger partial charge is 0.315 e. The lowest BCUT2D eigenvalue weighted by Crippen LogP contribution is -2.35. The number of unbranched alkanes of at least 4 members (excludes halogenated alkanes) is 1. The molecule has 1 saturated carbocycles. The van der Waals surface area contributed by atoms with Crippen LogP contribution in [-0.4, -0.2) is 44.3 Å². The maximum absolute atomic E-state index is 11.9. The standard InChI is InChI=1S/C13H28N2O2S2/c1-11(2)14-8-4-5-9-19(16,17)15-12-6-7-13(10-12)18-3/h11-15H,4-10H2,1-3H3. The Morgan fingerprint density at radius 2 is 2.00 bits per heavy atom. The van der Waals surface area contributed by atoms with Crippen LogP contribution >= 0.6 is 11.8 Å². The molecule has 0 aliphatic heterocycles. The first kappa shape index (κ1) is 17.3. The third kappa shape index (κ3) is 7.54. The zero-order valence-electron chi connectivity index (χ0n) is 12.3. The van der Waals surface area contributed by atoms with E-state index in [0.717, 1.165) is 38.6 Å². The van der Waals surface area contributed by atoms with Crippen LogP contribution in [0.4, 0.5) is 0 Å². The summed E-state index contributed by atoms with van der Waals surface area (Å²) < 4.78 is 26.7. The molecule has 6 heteroatoms. The summed E-state index contributed by atoms with van der Waals surface area (Å²) in [4.78, 5) is 0. The summed E-state index contributed by atoms with van der Waals surface area (Å²) in [7, 11) is -3.08. The minimum absolute atomic E-state index is 0.163. The summed E-state index contributed by atoms with van der Waals surface area (Å²) in [6, 6.07) is 0.632. The van der Waals surface area contributed by atoms with Crippen molar-refractivity contribution in [3.8, 4) is 0 Å². The molecule has 2 atom stereocenters. The second-order valence-corrected chi connectivity index (χ2v) is 8.63. The molecule has 0 saturated heterocycles. The number of hydrogen-bond donors (Lipinski definition) is 2. The molecule has 0 spiro atoms. The summed E-state index contributed by atoms with van der Waals surface area (Å²) in [5.41, 5.74) is 0. The van der Waals surface area contributed by atoms with Crippen LogP contribution in [0.1, 0.15) is 46.0 Å². The Labute approximate surface area is 122 Å². The summed E-state index contributed by atoms with van der Waals surface area (Å²) in [5.74, 6) is 0.257. The van der Waals surface area contributed by atoms with E-state index in [-0.39, 0.29) is 11.8 Å². The first-order valence-electron chi connectivity index (χ1n) is 7.19. The number of hydrogen-bond acceptors (Lipinski definition) is 4. The molecule has 1 fully saturated rings. The Kier molecular flexibility index (Phi) is 7.72. The monoisotopic (exact) mass is 308 g/mol. The molecule has 1 aliphatic carbocycles. The maximum atomic E-state index is 11.9. The molecule has 0 amide bonds. The molecule has 114 valence electrons. The van der Waals surface area contributed by atoms with Gasteiger partial charge in [-0.1, -0.05) is 13.8 Å². The number of sulfonamides is 1. The van der Waals surface area contributed by atoms with E-state index >= 15 is 0 Å². The fourth-order valence-corrected chi connectivity index (χ4v) is 4.60. The third-order valence-corrected chi connectivity index (χ3v) is 6.07. The van der Waals surface area contributed by atoms with Crippen molar-refractivity contribution in [1.82, 2.24) is 10.0 Å². The van der Waals surface area contributed by atoms with E-state index in [1.165, 1.54) is 0 Å². The topological polar surface area (TPSA) is 58.2 Å². The second-order valence-electron chi connectivity index (χ2n) is 5.62. The molecule has 1 rings (SSSR count). The first-order chi connectivity index (χ1) is 8.93. The number of rotatable bonds is 9. The molecule has 0 aromatic carbocycles. The van der Waals surface area contributed by atoms with Crippen molar-refractivity contribution >= 4 is 21.8 Å². The second kappa shape index (κ2) is 8.49. The van der Waals surface area contributed by atoms with Crippen molar-refractivity contribution in [1.29, 1.82) is 0 Å². The van der Waals surface area contributed by atoms with E-state index in [1.54, 1.807) is 0 Å². The summed E-state index contributed by atoms with van der Waals surface area (Å²) in [5, 5.41) is 3.93. The smallest absolute Gasteiger partial charge is 0.211 e. The van der Waals surface area contributed by atoms with Crippen LogP contribution < -0.4 is 10.0 Å². The van der Waals surface area contributed by atoms with Gasteiger partial charge in [-0.3, -0.25) is 0 Å². The highest BCUT2D eigenvalue weighted by molar-refractivity contribution is 7.99. The minimum atomic E-state index is -3.08. The zero-order chi connectivity index (χ0) is 14.3. The van der Waals surface area contributed by atoms with Crippen LogP contribution in [0.5, 0.6) is 0 Å². The van der Waals surface area contributed by atoms with Gasteiger partial charge < -0.3 is 5.32 Å². The van der Waals surface area contributed by atoms with Crippen molar-refractivity contribution in [3.63, 3.8) is 0 Å². The van der Waals surface area contributed by atoms with Crippen molar-refractivity contribution in [2.75, 3.05) is 18.6 Å². The SMILES string of the molecule is CSC1CCC(NS(=O)(=O)CCCCNC(C)C)C1. The van der Waals surface area contributed by atoms with E-state index in [4.69, 9.17) is 0 Å². The van der Waals surface area contributed by atoms with Gasteiger partial charge in [0.05, 0.1) is 5.75 Å². The van der Waals surface area contributed by atoms with Crippen molar-refractivity contribution in [3.05, 3.63) is 0 Å². The van der Waals surface area contributed by atoms with Gasteiger partial charge in [-0.15, -0.1) is 0 Å². The van der Waals surface area contributed by atoms with Gasteiger partial charge in [0.2, 0.25) is 10.0 Å². The number of nitrogens with one attached hydrogen (secondary N) is 2. The molecular weight excluding hydrogens is 280 g/mol. The van der Waals surface area contributed by atoms with E-state index < -0.39 is 10.0 Å². The molecule has 0 aromatic rings. The average molecular weight is 309 g/mol. The molecule has 2 N–H and O–H groups in total. The van der Waals surface area contributed by atoms with E-state index in [0.29, 0.717) is 11.3 Å². The van der Waals surface area contributed by atoms with Crippen LogP contribution in [0.2, 0.25) is 0 Å². The van der Waals surface area contributed by atoms with E-state index in [9.17, 15) is 8.42 Å². The Bertz CT molecular complexity index is 345. The van der Waals surface area contributed by atoms with Gasteiger partial charge in [0, 0.05) is 17.3 Å². The fraction of sp³-hybridized carbons (Fsp3) is 1.00. The quantitative estimate of drug-likeness (QED) is 0.639. The van der Waals surface area contributed by atoms with Gasteiger partial charge in [0.1, 0.15) is 0 Å². The third-order valence-electron chi connectivity index (χ3n) is 3.46. The van der Waals surface area contributed by atoms with Gasteiger partial charge in [-0.05, 0) is 44.9 Å². The Morgan fingerprint density at radius 3 is 2.58 bits per heavy atom. The lowest BCUT2D eigenvalue weighted by atomic mass is 10.3. The van der Waals surface area contributed by atoms with Crippen LogP contribution in [0.25, 0.3) is 0 Å². The average Bonchev–Trinajstić information content (AvgIpc) is 2.75. The Balaban J connectivity index is 2.18. The van der Waals surface area contributed by atoms with Gasteiger partial charge in [-0.25, -0.2) is 13.1 Å². The molecule has 0 bridgehead atoms. The molecule has 0 heterocycles. The molecule has 1 aliphatic rings. The van der Waals surface area contributed by atoms with Gasteiger partial charge in [0.15, 0.2) is 0 Å². The Hall–Kier alpha value is 0.220. The highest BCUT2D eigenvalue weighted by Gasteiger charge is 2.27. The summed E-state index contributed by atoms with van der Waals surface area (Å²) in [6.07, 6.45) is 6.84. The van der Waals surface area contributed by atoms with Crippen LogP contribution in [0.3, 0.4) is 0 Å². The molecular formula is C13H28N2O2S2. The molecule has 0 aromatic heterocycles. The highest BCUT2D eigenvalue weighted by Crippen LogP contribution is 2.28. The normalized spacial score (nSPS) is 24.2. The van der Waals surface area contributed by atoms with Crippen LogP contribution in [0, 0.1) is 0 Å². The lowest BCUT2D eigenvalue weighted by molar-refractivity contribution is 0.541. The fourth-order valence-electron chi connectivity index (χ4n) is 2.38. The zero-order valence-corrected chi connectivity index (χ0v) is 13.9. The van der Waals surface area contributed by atoms with E-state index in [1.807, 2.05) is 11.8 Å². The minimum Gasteiger partial charge on any atom is -0.315 e. The van der Waals surface area contributed by atoms with Crippen molar-refractivity contribution in [2.45, 2.75) is 63.3 Å². The first-order valence-corrected chi connectivity index (χ1v) is 10.1. The number of thioether (sulfide) groups is 1. The molecule has 4 nitrogen and oxygen atoms in total. The molecule has 0 radical (unpaired) electrons. The van der Waals surface area contributed by atoms with Crippen molar-refractivity contribution < 1.29 is 8.42 Å². The van der Waals surface area contributed by atoms with Crippen LogP contribution in [-0.2, 0) is 10.0 Å². The van der Waals surface area contributed by atoms with Crippen LogP contribution in [0.15, 0.2) is 0 Å². The van der Waals surface area contributed by atoms with E-state index in [2.05, 4.69) is 30.1 Å².